The second-order valence-electron chi connectivity index (χ2n) is 5.70. The van der Waals surface area contributed by atoms with E-state index in [0.29, 0.717) is 15.5 Å². The molecule has 1 heterocycles. The zero-order valence-electron chi connectivity index (χ0n) is 12.8. The Morgan fingerprint density at radius 1 is 1.24 bits per heavy atom. The van der Waals surface area contributed by atoms with Gasteiger partial charge in [0.15, 0.2) is 0 Å². The Morgan fingerprint density at radius 3 is 2.43 bits per heavy atom. The van der Waals surface area contributed by atoms with E-state index in [1.54, 1.807) is 19.1 Å². The van der Waals surface area contributed by atoms with E-state index in [1.165, 1.54) is 0 Å². The fourth-order valence-corrected chi connectivity index (χ4v) is 4.53. The molecule has 4 nitrogen and oxygen atoms in total. The first-order chi connectivity index (χ1) is 9.83. The largest absolute Gasteiger partial charge is 0.303 e. The number of hydrogen-bond acceptors (Lipinski definition) is 3. The Labute approximate surface area is 132 Å². The molecule has 0 radical (unpaired) electrons. The third-order valence-electron chi connectivity index (χ3n) is 4.10. The molecule has 0 aromatic heterocycles. The number of benzene rings is 1. The van der Waals surface area contributed by atoms with E-state index >= 15 is 0 Å². The number of likely N-dealkylation sites (tertiary alicyclic amines) is 1. The van der Waals surface area contributed by atoms with Gasteiger partial charge in [0.2, 0.25) is 10.0 Å². The summed E-state index contributed by atoms with van der Waals surface area (Å²) in [5.41, 5.74) is 1.47. The Morgan fingerprint density at radius 2 is 1.86 bits per heavy atom. The van der Waals surface area contributed by atoms with Gasteiger partial charge >= 0.3 is 0 Å². The standard InChI is InChI=1S/C15H23ClN2O2S/c1-4-18-7-5-13(6-8-18)17-21(19,20)15-10-11(2)14(16)9-12(15)3/h9-10,13,17H,4-8H2,1-3H3. The van der Waals surface area contributed by atoms with Crippen molar-refractivity contribution in [2.45, 2.75) is 44.6 Å². The van der Waals surface area contributed by atoms with Gasteiger partial charge in [-0.1, -0.05) is 18.5 Å². The number of piperidine rings is 1. The van der Waals surface area contributed by atoms with Crippen molar-refractivity contribution >= 4 is 21.6 Å². The molecule has 1 aromatic carbocycles. The molecule has 2 rings (SSSR count). The van der Waals surface area contributed by atoms with Gasteiger partial charge in [0, 0.05) is 11.1 Å². The van der Waals surface area contributed by atoms with Crippen LogP contribution in [0.3, 0.4) is 0 Å². The molecule has 21 heavy (non-hydrogen) atoms. The fourth-order valence-electron chi connectivity index (χ4n) is 2.69. The highest BCUT2D eigenvalue weighted by atomic mass is 35.5. The molecule has 0 spiro atoms. The fraction of sp³-hybridized carbons (Fsp3) is 0.600. The van der Waals surface area contributed by atoms with Gasteiger partial charge in [-0.25, -0.2) is 13.1 Å². The summed E-state index contributed by atoms with van der Waals surface area (Å²) in [6, 6.07) is 3.39. The van der Waals surface area contributed by atoms with Crippen LogP contribution in [0.15, 0.2) is 17.0 Å². The van der Waals surface area contributed by atoms with E-state index in [1.807, 2.05) is 6.92 Å². The molecular formula is C15H23ClN2O2S. The van der Waals surface area contributed by atoms with E-state index in [0.717, 1.165) is 38.0 Å². The minimum atomic E-state index is -3.48. The summed E-state index contributed by atoms with van der Waals surface area (Å²) >= 11 is 6.04. The molecule has 0 amide bonds. The van der Waals surface area contributed by atoms with Crippen LogP contribution in [-0.2, 0) is 10.0 Å². The molecule has 0 bridgehead atoms. The smallest absolute Gasteiger partial charge is 0.241 e. The van der Waals surface area contributed by atoms with Crippen molar-refractivity contribution in [3.63, 3.8) is 0 Å². The summed E-state index contributed by atoms with van der Waals surface area (Å²) < 4.78 is 28.0. The zero-order chi connectivity index (χ0) is 15.6. The predicted octanol–water partition coefficient (Wildman–Crippen LogP) is 2.72. The van der Waals surface area contributed by atoms with Crippen LogP contribution in [0.4, 0.5) is 0 Å². The average molecular weight is 331 g/mol. The lowest BCUT2D eigenvalue weighted by Crippen LogP contribution is -2.44. The number of aryl methyl sites for hydroxylation is 2. The first-order valence-corrected chi connectivity index (χ1v) is 9.21. The number of rotatable bonds is 4. The van der Waals surface area contributed by atoms with Gasteiger partial charge in [0.25, 0.3) is 0 Å². The summed E-state index contributed by atoms with van der Waals surface area (Å²) in [5.74, 6) is 0. The van der Waals surface area contributed by atoms with Crippen LogP contribution >= 0.6 is 11.6 Å². The summed E-state index contributed by atoms with van der Waals surface area (Å²) in [7, 11) is -3.48. The van der Waals surface area contributed by atoms with Crippen LogP contribution in [0.2, 0.25) is 5.02 Å². The quantitative estimate of drug-likeness (QED) is 0.923. The van der Waals surface area contributed by atoms with Crippen LogP contribution in [0.5, 0.6) is 0 Å². The second kappa shape index (κ2) is 6.65. The molecule has 1 fully saturated rings. The molecule has 0 saturated carbocycles. The lowest BCUT2D eigenvalue weighted by molar-refractivity contribution is 0.217. The Balaban J connectivity index is 2.14. The molecule has 118 valence electrons. The number of halogens is 1. The minimum absolute atomic E-state index is 0.0215. The third-order valence-corrected chi connectivity index (χ3v) is 6.17. The van der Waals surface area contributed by atoms with E-state index in [9.17, 15) is 8.42 Å². The summed E-state index contributed by atoms with van der Waals surface area (Å²) in [4.78, 5) is 2.67. The number of hydrogen-bond donors (Lipinski definition) is 1. The van der Waals surface area contributed by atoms with Crippen LogP contribution < -0.4 is 4.72 Å². The Bertz CT molecular complexity index is 608. The molecule has 1 N–H and O–H groups in total. The van der Waals surface area contributed by atoms with E-state index in [4.69, 9.17) is 11.6 Å². The molecule has 1 aliphatic heterocycles. The normalized spacial score (nSPS) is 18.1. The molecule has 1 saturated heterocycles. The molecule has 0 aliphatic carbocycles. The van der Waals surface area contributed by atoms with E-state index in [-0.39, 0.29) is 6.04 Å². The summed E-state index contributed by atoms with van der Waals surface area (Å²) in [6.07, 6.45) is 1.72. The van der Waals surface area contributed by atoms with Crippen LogP contribution in [0, 0.1) is 13.8 Å². The molecular weight excluding hydrogens is 308 g/mol. The van der Waals surface area contributed by atoms with E-state index in [2.05, 4.69) is 16.5 Å². The monoisotopic (exact) mass is 330 g/mol. The molecule has 6 heteroatoms. The first kappa shape index (κ1) is 16.7. The van der Waals surface area contributed by atoms with Crippen LogP contribution in [-0.4, -0.2) is 39.0 Å². The Kier molecular flexibility index (Phi) is 5.30. The van der Waals surface area contributed by atoms with Crippen molar-refractivity contribution in [3.8, 4) is 0 Å². The number of sulfonamides is 1. The SMILES string of the molecule is CCN1CCC(NS(=O)(=O)c2cc(C)c(Cl)cc2C)CC1. The van der Waals surface area contributed by atoms with Crippen molar-refractivity contribution in [2.75, 3.05) is 19.6 Å². The van der Waals surface area contributed by atoms with Crippen molar-refractivity contribution in [1.29, 1.82) is 0 Å². The molecule has 0 unspecified atom stereocenters. The Hall–Kier alpha value is -0.620. The van der Waals surface area contributed by atoms with Gasteiger partial charge in [-0.05, 0) is 69.6 Å². The maximum Gasteiger partial charge on any atom is 0.241 e. The van der Waals surface area contributed by atoms with Crippen molar-refractivity contribution in [1.82, 2.24) is 9.62 Å². The first-order valence-electron chi connectivity index (χ1n) is 7.35. The van der Waals surface area contributed by atoms with Crippen molar-refractivity contribution in [2.24, 2.45) is 0 Å². The van der Waals surface area contributed by atoms with Crippen LogP contribution in [0.1, 0.15) is 30.9 Å². The zero-order valence-corrected chi connectivity index (χ0v) is 14.4. The van der Waals surface area contributed by atoms with Gasteiger partial charge in [-0.3, -0.25) is 0 Å². The maximum absolute atomic E-state index is 12.6. The highest BCUT2D eigenvalue weighted by Gasteiger charge is 2.25. The van der Waals surface area contributed by atoms with Gasteiger partial charge in [0.05, 0.1) is 4.90 Å². The van der Waals surface area contributed by atoms with Gasteiger partial charge in [-0.15, -0.1) is 0 Å². The average Bonchev–Trinajstić information content (AvgIpc) is 2.43. The van der Waals surface area contributed by atoms with Gasteiger partial charge in [-0.2, -0.15) is 0 Å². The molecule has 1 aliphatic rings. The summed E-state index contributed by atoms with van der Waals surface area (Å²) in [5, 5.41) is 0.600. The molecule has 0 atom stereocenters. The number of nitrogens with one attached hydrogen (secondary N) is 1. The third kappa shape index (κ3) is 3.97. The lowest BCUT2D eigenvalue weighted by Gasteiger charge is -2.31. The van der Waals surface area contributed by atoms with Gasteiger partial charge in [0.1, 0.15) is 0 Å². The lowest BCUT2D eigenvalue weighted by atomic mass is 10.1. The highest BCUT2D eigenvalue weighted by Crippen LogP contribution is 2.24. The maximum atomic E-state index is 12.6. The number of nitrogens with zero attached hydrogens (tertiary/aromatic N) is 1. The molecule has 1 aromatic rings. The van der Waals surface area contributed by atoms with Crippen molar-refractivity contribution in [3.05, 3.63) is 28.3 Å². The highest BCUT2D eigenvalue weighted by molar-refractivity contribution is 7.89. The van der Waals surface area contributed by atoms with Crippen LogP contribution in [0.25, 0.3) is 0 Å². The topological polar surface area (TPSA) is 49.4 Å². The van der Waals surface area contributed by atoms with Gasteiger partial charge < -0.3 is 4.90 Å². The predicted molar refractivity (Wildman–Crippen MR) is 86.4 cm³/mol. The second-order valence-corrected chi connectivity index (χ2v) is 7.79. The van der Waals surface area contributed by atoms with E-state index < -0.39 is 10.0 Å². The van der Waals surface area contributed by atoms with Crippen molar-refractivity contribution < 1.29 is 8.42 Å². The summed E-state index contributed by atoms with van der Waals surface area (Å²) in [6.45, 7) is 8.64. The minimum Gasteiger partial charge on any atom is -0.303 e.